The van der Waals surface area contributed by atoms with E-state index >= 15 is 0 Å². The topological polar surface area (TPSA) is 0 Å². The van der Waals surface area contributed by atoms with Crippen molar-refractivity contribution < 1.29 is 0 Å². The first kappa shape index (κ1) is 15.9. The zero-order valence-corrected chi connectivity index (χ0v) is 19.0. The number of hydrogen-bond donors (Lipinski definition) is 0. The Hall–Kier alpha value is -1.92. The molecular weight excluding hydrogens is 566 g/mol. The Bertz CT molecular complexity index is 1600. The summed E-state index contributed by atoms with van der Waals surface area (Å²) in [6, 6.07) is 27.5. The number of fused-ring (bicyclic) bond motifs is 4. The minimum absolute atomic E-state index is 1.32. The second-order valence-corrected chi connectivity index (χ2v) is 9.92. The van der Waals surface area contributed by atoms with Crippen molar-refractivity contribution in [2.75, 3.05) is 0 Å². The standard InChI is InChI=1S/C26H12I2/c27-21-11-19-17-9-7-13-3-1-5-15-16-6-2-4-14-8-10-18(20(19)12-22(21)28)26(24(14)16)25(17)23(13)15/h1-12H. The first-order valence-electron chi connectivity index (χ1n) is 9.34. The van der Waals surface area contributed by atoms with Gasteiger partial charge in [-0.3, -0.25) is 0 Å². The fourth-order valence-electron chi connectivity index (χ4n) is 5.17. The highest BCUT2D eigenvalue weighted by Gasteiger charge is 2.19. The monoisotopic (exact) mass is 578 g/mol. The molecule has 0 nitrogen and oxygen atoms in total. The van der Waals surface area contributed by atoms with E-state index in [2.05, 4.69) is 118 Å². The molecule has 7 rings (SSSR count). The van der Waals surface area contributed by atoms with Crippen LogP contribution in [0, 0.1) is 7.14 Å². The van der Waals surface area contributed by atoms with E-state index in [1.165, 1.54) is 71.8 Å². The Balaban J connectivity index is 2.00. The fourth-order valence-corrected chi connectivity index (χ4v) is 6.10. The average molecular weight is 578 g/mol. The van der Waals surface area contributed by atoms with E-state index in [9.17, 15) is 0 Å². The Morgan fingerprint density at radius 1 is 0.393 bits per heavy atom. The van der Waals surface area contributed by atoms with E-state index in [0.717, 1.165) is 0 Å². The molecule has 0 bridgehead atoms. The maximum absolute atomic E-state index is 2.46. The van der Waals surface area contributed by atoms with Gasteiger partial charge in [-0.1, -0.05) is 60.7 Å². The van der Waals surface area contributed by atoms with Gasteiger partial charge in [0.2, 0.25) is 0 Å². The van der Waals surface area contributed by atoms with Crippen LogP contribution in [0.5, 0.6) is 0 Å². The first-order chi connectivity index (χ1) is 13.7. The van der Waals surface area contributed by atoms with Crippen molar-refractivity contribution >= 4 is 110 Å². The molecule has 28 heavy (non-hydrogen) atoms. The number of halogens is 2. The van der Waals surface area contributed by atoms with Crippen LogP contribution in [0.25, 0.3) is 64.6 Å². The van der Waals surface area contributed by atoms with Gasteiger partial charge >= 0.3 is 0 Å². The van der Waals surface area contributed by atoms with Crippen LogP contribution in [-0.4, -0.2) is 0 Å². The van der Waals surface area contributed by atoms with Crippen LogP contribution >= 0.6 is 45.2 Å². The smallest absolute Gasteiger partial charge is 0.0270 e. The van der Waals surface area contributed by atoms with Gasteiger partial charge in [-0.2, -0.15) is 0 Å². The molecule has 7 aromatic carbocycles. The molecule has 0 fully saturated rings. The molecule has 0 aliphatic carbocycles. The molecule has 0 saturated carbocycles. The SMILES string of the molecule is Ic1cc2c(cc1I)c1ccc3cccc4c5cccc6ccc2c(c65)c1c34. The van der Waals surface area contributed by atoms with Gasteiger partial charge in [-0.25, -0.2) is 0 Å². The summed E-state index contributed by atoms with van der Waals surface area (Å²) < 4.78 is 2.64. The number of benzene rings is 7. The molecule has 0 radical (unpaired) electrons. The lowest BCUT2D eigenvalue weighted by Gasteiger charge is -2.20. The molecule has 0 heterocycles. The van der Waals surface area contributed by atoms with Gasteiger partial charge in [0, 0.05) is 7.14 Å². The van der Waals surface area contributed by atoms with Crippen LogP contribution in [0.2, 0.25) is 0 Å². The molecule has 0 saturated heterocycles. The van der Waals surface area contributed by atoms with E-state index in [-0.39, 0.29) is 0 Å². The van der Waals surface area contributed by atoms with E-state index in [1.807, 2.05) is 0 Å². The molecule has 0 spiro atoms. The fraction of sp³-hybridized carbons (Fsp3) is 0. The van der Waals surface area contributed by atoms with E-state index < -0.39 is 0 Å². The maximum Gasteiger partial charge on any atom is 0.0270 e. The molecule has 130 valence electrons. The molecule has 0 aliphatic heterocycles. The molecule has 0 atom stereocenters. The molecular formula is C26H12I2. The summed E-state index contributed by atoms with van der Waals surface area (Å²) in [4.78, 5) is 0. The summed E-state index contributed by atoms with van der Waals surface area (Å²) in [7, 11) is 0. The third-order valence-electron chi connectivity index (χ3n) is 6.27. The Kier molecular flexibility index (Phi) is 3.05. The van der Waals surface area contributed by atoms with Crippen LogP contribution in [-0.2, 0) is 0 Å². The van der Waals surface area contributed by atoms with Gasteiger partial charge in [-0.15, -0.1) is 0 Å². The third-order valence-corrected chi connectivity index (χ3v) is 9.09. The molecule has 0 aliphatic rings. The highest BCUT2D eigenvalue weighted by Crippen LogP contribution is 2.48. The van der Waals surface area contributed by atoms with Gasteiger partial charge in [0.1, 0.15) is 0 Å². The Labute approximate surface area is 188 Å². The van der Waals surface area contributed by atoms with Gasteiger partial charge in [0.15, 0.2) is 0 Å². The first-order valence-corrected chi connectivity index (χ1v) is 11.5. The molecule has 0 unspecified atom stereocenters. The quantitative estimate of drug-likeness (QED) is 0.0960. The van der Waals surface area contributed by atoms with Gasteiger partial charge in [0.05, 0.1) is 0 Å². The highest BCUT2D eigenvalue weighted by molar-refractivity contribution is 14.1. The van der Waals surface area contributed by atoms with Gasteiger partial charge < -0.3 is 0 Å². The predicted molar refractivity (Wildman–Crippen MR) is 139 cm³/mol. The van der Waals surface area contributed by atoms with Crippen molar-refractivity contribution in [1.82, 2.24) is 0 Å². The van der Waals surface area contributed by atoms with Crippen molar-refractivity contribution in [1.29, 1.82) is 0 Å². The van der Waals surface area contributed by atoms with E-state index in [0.29, 0.717) is 0 Å². The summed E-state index contributed by atoms with van der Waals surface area (Å²) in [5, 5.41) is 16.5. The number of rotatable bonds is 0. The Morgan fingerprint density at radius 2 is 0.821 bits per heavy atom. The lowest BCUT2D eigenvalue weighted by molar-refractivity contribution is 1.66. The van der Waals surface area contributed by atoms with Gasteiger partial charge in [0.25, 0.3) is 0 Å². The minimum Gasteiger partial charge on any atom is -0.0610 e. The Morgan fingerprint density at radius 3 is 1.29 bits per heavy atom. The zero-order chi connectivity index (χ0) is 18.6. The molecule has 2 heteroatoms. The van der Waals surface area contributed by atoms with Crippen molar-refractivity contribution in [2.24, 2.45) is 0 Å². The van der Waals surface area contributed by atoms with Crippen LogP contribution in [0.15, 0.2) is 72.8 Å². The van der Waals surface area contributed by atoms with Crippen LogP contribution in [0.1, 0.15) is 0 Å². The lowest BCUT2D eigenvalue weighted by Crippen LogP contribution is -1.92. The van der Waals surface area contributed by atoms with Crippen molar-refractivity contribution in [3.63, 3.8) is 0 Å². The van der Waals surface area contributed by atoms with Crippen molar-refractivity contribution in [3.8, 4) is 0 Å². The molecule has 0 N–H and O–H groups in total. The minimum atomic E-state index is 1.32. The van der Waals surface area contributed by atoms with Crippen molar-refractivity contribution in [3.05, 3.63) is 79.9 Å². The maximum atomic E-state index is 2.46. The number of hydrogen-bond acceptors (Lipinski definition) is 0. The van der Waals surface area contributed by atoms with Crippen LogP contribution in [0.3, 0.4) is 0 Å². The average Bonchev–Trinajstić information content (AvgIpc) is 2.73. The normalized spacial score (nSPS) is 12.6. The largest absolute Gasteiger partial charge is 0.0610 e. The lowest BCUT2D eigenvalue weighted by atomic mass is 9.83. The summed E-state index contributed by atoms with van der Waals surface area (Å²) in [6.45, 7) is 0. The third kappa shape index (κ3) is 1.81. The second-order valence-electron chi connectivity index (χ2n) is 7.60. The molecule has 0 aromatic heterocycles. The molecule has 0 amide bonds. The van der Waals surface area contributed by atoms with E-state index in [4.69, 9.17) is 0 Å². The molecule has 7 aromatic rings. The predicted octanol–water partition coefficient (Wildman–Crippen LogP) is 8.69. The highest BCUT2D eigenvalue weighted by atomic mass is 127. The van der Waals surface area contributed by atoms with Gasteiger partial charge in [-0.05, 0) is 122 Å². The summed E-state index contributed by atoms with van der Waals surface area (Å²) >= 11 is 4.93. The van der Waals surface area contributed by atoms with Crippen LogP contribution in [0.4, 0.5) is 0 Å². The van der Waals surface area contributed by atoms with E-state index in [1.54, 1.807) is 0 Å². The second kappa shape index (κ2) is 5.36. The van der Waals surface area contributed by atoms with Crippen molar-refractivity contribution in [2.45, 2.75) is 0 Å². The summed E-state index contributed by atoms with van der Waals surface area (Å²) in [5.74, 6) is 0. The summed E-state index contributed by atoms with van der Waals surface area (Å²) in [5.41, 5.74) is 0. The zero-order valence-electron chi connectivity index (χ0n) is 14.7. The van der Waals surface area contributed by atoms with Crippen LogP contribution < -0.4 is 0 Å². The summed E-state index contributed by atoms with van der Waals surface area (Å²) in [6.07, 6.45) is 0.